The summed E-state index contributed by atoms with van der Waals surface area (Å²) < 4.78 is 2.11. The van der Waals surface area contributed by atoms with E-state index in [-0.39, 0.29) is 29.9 Å². The Morgan fingerprint density at radius 2 is 1.77 bits per heavy atom. The lowest BCUT2D eigenvalue weighted by atomic mass is 10.3. The first kappa shape index (κ1) is 23.9. The Bertz CT molecular complexity index is 760. The molecule has 0 atom stereocenters. The van der Waals surface area contributed by atoms with Gasteiger partial charge in [0, 0.05) is 77.0 Å². The number of nitrogens with one attached hydrogen (secondary N) is 2. The first-order valence-electron chi connectivity index (χ1n) is 10.2. The van der Waals surface area contributed by atoms with Gasteiger partial charge in [0.2, 0.25) is 11.9 Å². The van der Waals surface area contributed by atoms with Crippen LogP contribution in [-0.2, 0) is 11.3 Å². The molecular weight excluding hydrogens is 495 g/mol. The highest BCUT2D eigenvalue weighted by atomic mass is 127. The predicted octanol–water partition coefficient (Wildman–Crippen LogP) is 1.19. The fourth-order valence-corrected chi connectivity index (χ4v) is 3.20. The maximum atomic E-state index is 12.5. The number of carbonyl (C=O) groups is 1. The van der Waals surface area contributed by atoms with E-state index in [1.165, 1.54) is 0 Å². The molecule has 30 heavy (non-hydrogen) atoms. The van der Waals surface area contributed by atoms with Crippen LogP contribution in [0.4, 0.5) is 5.95 Å². The third-order valence-electron chi connectivity index (χ3n) is 4.74. The average molecular weight is 526 g/mol. The van der Waals surface area contributed by atoms with E-state index in [4.69, 9.17) is 0 Å². The van der Waals surface area contributed by atoms with Crippen LogP contribution in [0.1, 0.15) is 13.3 Å². The van der Waals surface area contributed by atoms with E-state index in [0.717, 1.165) is 44.6 Å². The number of aliphatic imine (C=N–C) groups is 1. The first-order chi connectivity index (χ1) is 14.3. The van der Waals surface area contributed by atoms with Gasteiger partial charge < -0.3 is 25.0 Å². The van der Waals surface area contributed by atoms with E-state index in [1.54, 1.807) is 18.5 Å². The topological polar surface area (TPSA) is 90.7 Å². The normalized spacial score (nSPS) is 14.2. The molecule has 2 aromatic rings. The molecule has 3 rings (SSSR count). The molecule has 0 bridgehead atoms. The van der Waals surface area contributed by atoms with Crippen LogP contribution in [0.25, 0.3) is 0 Å². The molecular formula is C20H31IN8O. The lowest BCUT2D eigenvalue weighted by Gasteiger charge is -2.34. The van der Waals surface area contributed by atoms with Crippen molar-refractivity contribution in [3.8, 4) is 0 Å². The molecule has 164 valence electrons. The molecule has 3 heterocycles. The average Bonchev–Trinajstić information content (AvgIpc) is 3.28. The van der Waals surface area contributed by atoms with E-state index < -0.39 is 0 Å². The summed E-state index contributed by atoms with van der Waals surface area (Å²) >= 11 is 0. The fraction of sp³-hybridized carbons (Fsp3) is 0.500. The zero-order valence-corrected chi connectivity index (χ0v) is 19.7. The molecule has 2 N–H and O–H groups in total. The van der Waals surface area contributed by atoms with E-state index in [9.17, 15) is 4.79 Å². The van der Waals surface area contributed by atoms with Crippen molar-refractivity contribution in [2.24, 2.45) is 4.99 Å². The van der Waals surface area contributed by atoms with Crippen molar-refractivity contribution in [1.82, 2.24) is 30.1 Å². The predicted molar refractivity (Wildman–Crippen MR) is 129 cm³/mol. The van der Waals surface area contributed by atoms with Crippen LogP contribution >= 0.6 is 24.0 Å². The maximum absolute atomic E-state index is 12.5. The Morgan fingerprint density at radius 1 is 1.07 bits per heavy atom. The smallest absolute Gasteiger partial charge is 0.225 e. The third-order valence-corrected chi connectivity index (χ3v) is 4.74. The van der Waals surface area contributed by atoms with E-state index in [1.807, 2.05) is 36.4 Å². The summed E-state index contributed by atoms with van der Waals surface area (Å²) in [5.41, 5.74) is 0. The molecule has 1 amide bonds. The van der Waals surface area contributed by atoms with Crippen molar-refractivity contribution in [2.75, 3.05) is 50.7 Å². The van der Waals surface area contributed by atoms with Crippen molar-refractivity contribution in [3.05, 3.63) is 43.0 Å². The molecule has 1 aliphatic rings. The van der Waals surface area contributed by atoms with Gasteiger partial charge in [0.15, 0.2) is 5.96 Å². The van der Waals surface area contributed by atoms with Gasteiger partial charge in [-0.15, -0.1) is 24.0 Å². The molecule has 1 fully saturated rings. The molecule has 0 saturated carbocycles. The molecule has 0 unspecified atom stereocenters. The minimum Gasteiger partial charge on any atom is -0.357 e. The van der Waals surface area contributed by atoms with Gasteiger partial charge in [0.25, 0.3) is 0 Å². The quantitative estimate of drug-likeness (QED) is 0.305. The Labute approximate surface area is 195 Å². The number of piperazine rings is 1. The first-order valence-corrected chi connectivity index (χ1v) is 10.2. The highest BCUT2D eigenvalue weighted by Gasteiger charge is 2.21. The summed E-state index contributed by atoms with van der Waals surface area (Å²) in [6, 6.07) is 5.83. The van der Waals surface area contributed by atoms with E-state index >= 15 is 0 Å². The number of amides is 1. The van der Waals surface area contributed by atoms with Crippen LogP contribution in [0.5, 0.6) is 0 Å². The van der Waals surface area contributed by atoms with Gasteiger partial charge in [-0.2, -0.15) is 0 Å². The zero-order valence-electron chi connectivity index (χ0n) is 17.4. The Hall–Kier alpha value is -2.37. The van der Waals surface area contributed by atoms with Crippen LogP contribution in [0.3, 0.4) is 0 Å². The van der Waals surface area contributed by atoms with Crippen molar-refractivity contribution in [1.29, 1.82) is 0 Å². The number of anilines is 1. The molecule has 0 spiro atoms. The highest BCUT2D eigenvalue weighted by Crippen LogP contribution is 2.10. The van der Waals surface area contributed by atoms with Crippen molar-refractivity contribution in [3.63, 3.8) is 0 Å². The van der Waals surface area contributed by atoms with Crippen LogP contribution < -0.4 is 15.5 Å². The molecule has 10 heteroatoms. The number of rotatable bonds is 8. The van der Waals surface area contributed by atoms with Crippen molar-refractivity contribution >= 4 is 41.8 Å². The monoisotopic (exact) mass is 526 g/mol. The highest BCUT2D eigenvalue weighted by molar-refractivity contribution is 14.0. The number of hydrogen-bond donors (Lipinski definition) is 2. The Morgan fingerprint density at radius 3 is 2.43 bits per heavy atom. The fourth-order valence-electron chi connectivity index (χ4n) is 3.20. The molecule has 0 aromatic carbocycles. The zero-order chi connectivity index (χ0) is 20.3. The number of carbonyl (C=O) groups excluding carboxylic acids is 1. The second-order valence-corrected chi connectivity index (χ2v) is 6.77. The van der Waals surface area contributed by atoms with Crippen LogP contribution in [0.2, 0.25) is 0 Å². The number of halogens is 1. The minimum atomic E-state index is 0. The molecule has 1 aliphatic heterocycles. The minimum absolute atomic E-state index is 0. The van der Waals surface area contributed by atoms with Gasteiger partial charge in [0.1, 0.15) is 0 Å². The molecule has 0 radical (unpaired) electrons. The number of aromatic nitrogens is 3. The summed E-state index contributed by atoms with van der Waals surface area (Å²) in [7, 11) is 0. The van der Waals surface area contributed by atoms with Crippen LogP contribution in [0.15, 0.2) is 48.0 Å². The van der Waals surface area contributed by atoms with Crippen molar-refractivity contribution in [2.45, 2.75) is 19.9 Å². The molecule has 1 saturated heterocycles. The van der Waals surface area contributed by atoms with Crippen molar-refractivity contribution < 1.29 is 4.79 Å². The Kier molecular flexibility index (Phi) is 10.4. The second-order valence-electron chi connectivity index (χ2n) is 6.77. The largest absolute Gasteiger partial charge is 0.357 e. The maximum Gasteiger partial charge on any atom is 0.225 e. The summed E-state index contributed by atoms with van der Waals surface area (Å²) in [5, 5.41) is 6.53. The number of nitrogens with zero attached hydrogens (tertiary/aromatic N) is 6. The number of hydrogen-bond acceptors (Lipinski definition) is 5. The lowest BCUT2D eigenvalue weighted by Crippen LogP contribution is -2.49. The van der Waals surface area contributed by atoms with Crippen LogP contribution in [-0.4, -0.2) is 77.1 Å². The summed E-state index contributed by atoms with van der Waals surface area (Å²) in [4.78, 5) is 29.6. The standard InChI is InChI=1S/C20H30N8O.HI/c1-2-21-19(23-10-13-26-11-3-4-12-26)22-9-6-18(29)27-14-16-28(17-15-27)20-24-7-5-8-25-20;/h3-5,7-8,11-12H,2,6,9-10,13-17H2,1H3,(H2,21,22,23);1H. The molecule has 2 aromatic heterocycles. The summed E-state index contributed by atoms with van der Waals surface area (Å²) in [6.07, 6.45) is 7.97. The van der Waals surface area contributed by atoms with Gasteiger partial charge in [-0.05, 0) is 25.1 Å². The van der Waals surface area contributed by atoms with Gasteiger partial charge in [-0.25, -0.2) is 9.97 Å². The van der Waals surface area contributed by atoms with E-state index in [0.29, 0.717) is 26.1 Å². The van der Waals surface area contributed by atoms with Crippen LogP contribution in [0, 0.1) is 0 Å². The van der Waals surface area contributed by atoms with E-state index in [2.05, 4.69) is 35.1 Å². The lowest BCUT2D eigenvalue weighted by molar-refractivity contribution is -0.131. The van der Waals surface area contributed by atoms with Gasteiger partial charge in [0.05, 0.1) is 6.54 Å². The molecule has 0 aliphatic carbocycles. The summed E-state index contributed by atoms with van der Waals surface area (Å²) in [6.45, 7) is 7.82. The SMILES string of the molecule is CCNC(=NCCC(=O)N1CCN(c2ncccn2)CC1)NCCn1cccc1.I. The molecule has 9 nitrogen and oxygen atoms in total. The number of guanidine groups is 1. The summed E-state index contributed by atoms with van der Waals surface area (Å²) in [5.74, 6) is 1.62. The van der Waals surface area contributed by atoms with Gasteiger partial charge in [-0.3, -0.25) is 9.79 Å². The second kappa shape index (κ2) is 13.0. The third kappa shape index (κ3) is 7.47. The van der Waals surface area contributed by atoms with Gasteiger partial charge >= 0.3 is 0 Å². The Balaban J connectivity index is 0.00000320. The van der Waals surface area contributed by atoms with Gasteiger partial charge in [-0.1, -0.05) is 0 Å².